The summed E-state index contributed by atoms with van der Waals surface area (Å²) in [6.07, 6.45) is 0. The number of nitro benzene ring substituents is 1. The van der Waals surface area contributed by atoms with Gasteiger partial charge in [0, 0.05) is 6.07 Å². The lowest BCUT2D eigenvalue weighted by atomic mass is 10.1. The van der Waals surface area contributed by atoms with E-state index in [1.807, 2.05) is 0 Å². The SMILES string of the molecule is CC(=O)c1c(F)cccc1Oc1ccc(C)cc1[N+](=O)[O-]. The number of nitro groups is 1. The zero-order valence-corrected chi connectivity index (χ0v) is 11.4. The Morgan fingerprint density at radius 1 is 1.24 bits per heavy atom. The van der Waals surface area contributed by atoms with Crippen LogP contribution in [-0.2, 0) is 0 Å². The van der Waals surface area contributed by atoms with Gasteiger partial charge in [-0.3, -0.25) is 14.9 Å². The van der Waals surface area contributed by atoms with E-state index >= 15 is 0 Å². The van der Waals surface area contributed by atoms with Gasteiger partial charge in [-0.2, -0.15) is 0 Å². The van der Waals surface area contributed by atoms with E-state index in [1.165, 1.54) is 31.2 Å². The molecule has 0 fully saturated rings. The number of halogens is 1. The first-order chi connectivity index (χ1) is 9.90. The normalized spacial score (nSPS) is 10.2. The monoisotopic (exact) mass is 289 g/mol. The number of carbonyl (C=O) groups is 1. The lowest BCUT2D eigenvalue weighted by Crippen LogP contribution is -2.02. The number of ether oxygens (including phenoxy) is 1. The predicted octanol–water partition coefficient (Wildman–Crippen LogP) is 4.04. The van der Waals surface area contributed by atoms with Crippen LogP contribution >= 0.6 is 0 Å². The summed E-state index contributed by atoms with van der Waals surface area (Å²) in [5.41, 5.74) is 0.223. The molecule has 0 unspecified atom stereocenters. The maximum atomic E-state index is 13.7. The minimum absolute atomic E-state index is 0.0429. The number of Topliss-reactive ketones (excluding diaryl/α,β-unsaturated/α-hetero) is 1. The summed E-state index contributed by atoms with van der Waals surface area (Å²) in [6, 6.07) is 8.30. The molecule has 0 N–H and O–H groups in total. The molecule has 2 aromatic rings. The molecule has 21 heavy (non-hydrogen) atoms. The van der Waals surface area contributed by atoms with E-state index in [9.17, 15) is 19.3 Å². The molecule has 0 aliphatic rings. The second-order valence-electron chi connectivity index (χ2n) is 4.50. The van der Waals surface area contributed by atoms with Gasteiger partial charge in [-0.25, -0.2) is 4.39 Å². The summed E-state index contributed by atoms with van der Waals surface area (Å²) in [6.45, 7) is 2.91. The van der Waals surface area contributed by atoms with Gasteiger partial charge in [-0.1, -0.05) is 12.1 Å². The highest BCUT2D eigenvalue weighted by Crippen LogP contribution is 2.34. The molecule has 0 aliphatic heterocycles. The van der Waals surface area contributed by atoms with Gasteiger partial charge in [0.25, 0.3) is 0 Å². The average molecular weight is 289 g/mol. The smallest absolute Gasteiger partial charge is 0.311 e. The van der Waals surface area contributed by atoms with Crippen molar-refractivity contribution in [1.29, 1.82) is 0 Å². The van der Waals surface area contributed by atoms with Gasteiger partial charge >= 0.3 is 5.69 Å². The molecule has 0 aromatic heterocycles. The van der Waals surface area contributed by atoms with Crippen LogP contribution < -0.4 is 4.74 Å². The van der Waals surface area contributed by atoms with Crippen LogP contribution in [0.2, 0.25) is 0 Å². The van der Waals surface area contributed by atoms with E-state index in [1.54, 1.807) is 13.0 Å². The summed E-state index contributed by atoms with van der Waals surface area (Å²) < 4.78 is 19.1. The minimum Gasteiger partial charge on any atom is -0.449 e. The number of hydrogen-bond donors (Lipinski definition) is 0. The van der Waals surface area contributed by atoms with Gasteiger partial charge in [-0.15, -0.1) is 0 Å². The van der Waals surface area contributed by atoms with Crippen LogP contribution in [0.3, 0.4) is 0 Å². The minimum atomic E-state index is -0.727. The molecule has 0 amide bonds. The molecule has 0 aliphatic carbocycles. The molecule has 6 heteroatoms. The van der Waals surface area contributed by atoms with Crippen molar-refractivity contribution in [3.63, 3.8) is 0 Å². The fourth-order valence-corrected chi connectivity index (χ4v) is 1.91. The van der Waals surface area contributed by atoms with Crippen LogP contribution in [0, 0.1) is 22.9 Å². The Labute approximate surface area is 120 Å². The molecule has 2 aromatic carbocycles. The molecule has 5 nitrogen and oxygen atoms in total. The van der Waals surface area contributed by atoms with Crippen molar-refractivity contribution in [2.75, 3.05) is 0 Å². The molecular formula is C15H12FNO4. The second-order valence-corrected chi connectivity index (χ2v) is 4.50. The molecule has 0 radical (unpaired) electrons. The van der Waals surface area contributed by atoms with E-state index in [0.29, 0.717) is 5.56 Å². The van der Waals surface area contributed by atoms with Crippen LogP contribution in [0.5, 0.6) is 11.5 Å². The van der Waals surface area contributed by atoms with Gasteiger partial charge in [0.1, 0.15) is 11.6 Å². The Morgan fingerprint density at radius 2 is 1.95 bits per heavy atom. The third kappa shape index (κ3) is 3.05. The number of carbonyl (C=O) groups excluding carboxylic acids is 1. The summed E-state index contributed by atoms with van der Waals surface area (Å²) in [5, 5.41) is 11.0. The van der Waals surface area contributed by atoms with Gasteiger partial charge in [0.15, 0.2) is 5.78 Å². The number of hydrogen-bond acceptors (Lipinski definition) is 4. The number of ketones is 1. The highest BCUT2D eigenvalue weighted by molar-refractivity contribution is 5.97. The highest BCUT2D eigenvalue weighted by atomic mass is 19.1. The Balaban J connectivity index is 2.51. The third-order valence-corrected chi connectivity index (χ3v) is 2.86. The molecular weight excluding hydrogens is 277 g/mol. The van der Waals surface area contributed by atoms with Crippen molar-refractivity contribution >= 4 is 11.5 Å². The molecule has 0 saturated heterocycles. The van der Waals surface area contributed by atoms with Crippen LogP contribution in [0.1, 0.15) is 22.8 Å². The number of benzene rings is 2. The number of rotatable bonds is 4. The molecule has 108 valence electrons. The maximum Gasteiger partial charge on any atom is 0.311 e. The van der Waals surface area contributed by atoms with E-state index in [2.05, 4.69) is 0 Å². The van der Waals surface area contributed by atoms with Crippen LogP contribution in [0.25, 0.3) is 0 Å². The fourth-order valence-electron chi connectivity index (χ4n) is 1.91. The lowest BCUT2D eigenvalue weighted by molar-refractivity contribution is -0.385. The predicted molar refractivity (Wildman–Crippen MR) is 74.3 cm³/mol. The van der Waals surface area contributed by atoms with Crippen molar-refractivity contribution in [2.24, 2.45) is 0 Å². The van der Waals surface area contributed by atoms with Crippen LogP contribution in [0.4, 0.5) is 10.1 Å². The van der Waals surface area contributed by atoms with Gasteiger partial charge < -0.3 is 4.74 Å². The van der Waals surface area contributed by atoms with Gasteiger partial charge in [0.05, 0.1) is 10.5 Å². The van der Waals surface area contributed by atoms with Gasteiger partial charge in [-0.05, 0) is 37.6 Å². The lowest BCUT2D eigenvalue weighted by Gasteiger charge is -2.10. The van der Waals surface area contributed by atoms with Crippen LogP contribution in [-0.4, -0.2) is 10.7 Å². The van der Waals surface area contributed by atoms with Crippen molar-refractivity contribution in [3.05, 3.63) is 63.5 Å². The molecule has 0 heterocycles. The quantitative estimate of drug-likeness (QED) is 0.484. The molecule has 0 atom stereocenters. The maximum absolute atomic E-state index is 13.7. The Hall–Kier alpha value is -2.76. The molecule has 0 bridgehead atoms. The molecule has 0 saturated carbocycles. The van der Waals surface area contributed by atoms with E-state index in [0.717, 1.165) is 6.07 Å². The van der Waals surface area contributed by atoms with Crippen molar-refractivity contribution in [1.82, 2.24) is 0 Å². The average Bonchev–Trinajstić information content (AvgIpc) is 2.40. The summed E-state index contributed by atoms with van der Waals surface area (Å²) >= 11 is 0. The first-order valence-corrected chi connectivity index (χ1v) is 6.12. The van der Waals surface area contributed by atoms with Crippen molar-refractivity contribution in [3.8, 4) is 11.5 Å². The third-order valence-electron chi connectivity index (χ3n) is 2.86. The van der Waals surface area contributed by atoms with Gasteiger partial charge in [0.2, 0.25) is 5.75 Å². The topological polar surface area (TPSA) is 69.4 Å². The number of aryl methyl sites for hydroxylation is 1. The Morgan fingerprint density at radius 3 is 2.57 bits per heavy atom. The van der Waals surface area contributed by atoms with Crippen molar-refractivity contribution < 1.29 is 18.8 Å². The zero-order valence-electron chi connectivity index (χ0n) is 11.4. The van der Waals surface area contributed by atoms with Crippen molar-refractivity contribution in [2.45, 2.75) is 13.8 Å². The first-order valence-electron chi connectivity index (χ1n) is 6.12. The Bertz CT molecular complexity index is 728. The highest BCUT2D eigenvalue weighted by Gasteiger charge is 2.20. The zero-order chi connectivity index (χ0) is 15.6. The fraction of sp³-hybridized carbons (Fsp3) is 0.133. The molecule has 2 rings (SSSR count). The van der Waals surface area contributed by atoms with E-state index < -0.39 is 16.5 Å². The summed E-state index contributed by atoms with van der Waals surface area (Å²) in [5.74, 6) is -1.33. The summed E-state index contributed by atoms with van der Waals surface area (Å²) in [7, 11) is 0. The largest absolute Gasteiger partial charge is 0.449 e. The Kier molecular flexibility index (Phi) is 3.98. The van der Waals surface area contributed by atoms with E-state index in [4.69, 9.17) is 4.74 Å². The number of nitrogens with zero attached hydrogens (tertiary/aromatic N) is 1. The van der Waals surface area contributed by atoms with E-state index in [-0.39, 0.29) is 22.7 Å². The standard InChI is InChI=1S/C15H12FNO4/c1-9-6-7-13(12(8-9)17(19)20)21-14-5-3-4-11(16)15(14)10(2)18/h3-8H,1-2H3. The van der Waals surface area contributed by atoms with Crippen LogP contribution in [0.15, 0.2) is 36.4 Å². The second kappa shape index (κ2) is 5.70. The molecule has 0 spiro atoms. The first kappa shape index (κ1) is 14.6. The summed E-state index contributed by atoms with van der Waals surface area (Å²) in [4.78, 5) is 21.9.